The van der Waals surface area contributed by atoms with E-state index in [1.807, 2.05) is 23.6 Å². The summed E-state index contributed by atoms with van der Waals surface area (Å²) in [5, 5.41) is 6.26. The molecule has 0 saturated heterocycles. The van der Waals surface area contributed by atoms with Crippen molar-refractivity contribution in [3.05, 3.63) is 54.0 Å². The van der Waals surface area contributed by atoms with E-state index >= 15 is 0 Å². The van der Waals surface area contributed by atoms with Crippen LogP contribution in [0.5, 0.6) is 0 Å². The maximum Gasteiger partial charge on any atom is 0.187 e. The fourth-order valence-corrected chi connectivity index (χ4v) is 3.16. The molecule has 126 valence electrons. The van der Waals surface area contributed by atoms with Crippen molar-refractivity contribution in [3.63, 3.8) is 0 Å². The Balaban J connectivity index is 0.00000208. The highest BCUT2D eigenvalue weighted by Crippen LogP contribution is 2.27. The molecule has 1 aromatic carbocycles. The molecule has 0 unspecified atom stereocenters. The molecule has 0 atom stereocenters. The molecule has 0 bridgehead atoms. The van der Waals surface area contributed by atoms with Gasteiger partial charge in [0.1, 0.15) is 5.69 Å². The summed E-state index contributed by atoms with van der Waals surface area (Å²) in [6.07, 6.45) is 1.79. The Morgan fingerprint density at radius 1 is 1.00 bits per heavy atom. The minimum Gasteiger partial charge on any atom is -0.372 e. The summed E-state index contributed by atoms with van der Waals surface area (Å²) in [6.45, 7) is 6.38. The van der Waals surface area contributed by atoms with Crippen molar-refractivity contribution in [2.24, 2.45) is 0 Å². The quantitative estimate of drug-likeness (QED) is 0.599. The molecule has 0 saturated carbocycles. The average molecular weight is 405 g/mol. The van der Waals surface area contributed by atoms with Crippen molar-refractivity contribution >= 4 is 44.8 Å². The van der Waals surface area contributed by atoms with Crippen LogP contribution in [0.1, 0.15) is 13.8 Å². The number of rotatable bonds is 6. The third-order valence-corrected chi connectivity index (χ3v) is 4.44. The molecule has 6 heteroatoms. The number of thiazole rings is 1. The van der Waals surface area contributed by atoms with Crippen molar-refractivity contribution in [1.82, 2.24) is 9.97 Å². The average Bonchev–Trinajstić information content (AvgIpc) is 3.07. The van der Waals surface area contributed by atoms with Crippen LogP contribution >= 0.6 is 28.3 Å². The van der Waals surface area contributed by atoms with Gasteiger partial charge in [0.15, 0.2) is 5.13 Å². The molecule has 0 fully saturated rings. The number of anilines is 3. The zero-order valence-corrected chi connectivity index (χ0v) is 16.3. The summed E-state index contributed by atoms with van der Waals surface area (Å²) >= 11 is 1.59. The summed E-state index contributed by atoms with van der Waals surface area (Å²) in [5.41, 5.74) is 4.09. The molecule has 0 aliphatic carbocycles. The van der Waals surface area contributed by atoms with Crippen LogP contribution in [0.2, 0.25) is 0 Å². The van der Waals surface area contributed by atoms with Gasteiger partial charge in [-0.2, -0.15) is 0 Å². The topological polar surface area (TPSA) is 41.0 Å². The number of hydrogen-bond donors (Lipinski definition) is 1. The smallest absolute Gasteiger partial charge is 0.187 e. The van der Waals surface area contributed by atoms with Crippen molar-refractivity contribution in [2.75, 3.05) is 23.3 Å². The van der Waals surface area contributed by atoms with Crippen LogP contribution in [-0.4, -0.2) is 23.1 Å². The molecule has 0 radical (unpaired) electrons. The van der Waals surface area contributed by atoms with Gasteiger partial charge in [-0.25, -0.2) is 4.98 Å². The number of pyridine rings is 1. The second-order valence-corrected chi connectivity index (χ2v) is 5.96. The molecule has 0 aliphatic rings. The zero-order valence-electron chi connectivity index (χ0n) is 13.8. The van der Waals surface area contributed by atoms with Crippen molar-refractivity contribution in [3.8, 4) is 11.4 Å². The Labute approximate surface area is 157 Å². The third kappa shape index (κ3) is 4.33. The monoisotopic (exact) mass is 404 g/mol. The number of hydrogen-bond acceptors (Lipinski definition) is 5. The molecule has 3 aromatic rings. The summed E-state index contributed by atoms with van der Waals surface area (Å²) < 4.78 is 0. The van der Waals surface area contributed by atoms with E-state index in [0.717, 1.165) is 35.3 Å². The van der Waals surface area contributed by atoms with Gasteiger partial charge in [-0.3, -0.25) is 4.98 Å². The van der Waals surface area contributed by atoms with E-state index < -0.39 is 0 Å². The fraction of sp³-hybridized carbons (Fsp3) is 0.222. The van der Waals surface area contributed by atoms with Crippen LogP contribution in [-0.2, 0) is 0 Å². The van der Waals surface area contributed by atoms with Gasteiger partial charge in [-0.15, -0.1) is 28.3 Å². The van der Waals surface area contributed by atoms with E-state index in [1.165, 1.54) is 5.69 Å². The molecule has 2 heterocycles. The van der Waals surface area contributed by atoms with E-state index in [2.05, 4.69) is 58.3 Å². The maximum absolute atomic E-state index is 4.60. The van der Waals surface area contributed by atoms with E-state index in [-0.39, 0.29) is 17.0 Å². The zero-order chi connectivity index (χ0) is 16.1. The molecule has 4 nitrogen and oxygen atoms in total. The van der Waals surface area contributed by atoms with Gasteiger partial charge in [0, 0.05) is 36.0 Å². The SMILES string of the molecule is Br.CCN(CC)c1ccc(Nc2nc(-c3ccccn3)cs2)cc1. The van der Waals surface area contributed by atoms with Gasteiger partial charge < -0.3 is 10.2 Å². The summed E-state index contributed by atoms with van der Waals surface area (Å²) in [4.78, 5) is 11.3. The van der Waals surface area contributed by atoms with Gasteiger partial charge in [-0.1, -0.05) is 6.07 Å². The van der Waals surface area contributed by atoms with Crippen LogP contribution in [0.25, 0.3) is 11.4 Å². The van der Waals surface area contributed by atoms with Gasteiger partial charge >= 0.3 is 0 Å². The van der Waals surface area contributed by atoms with E-state index in [0.29, 0.717) is 0 Å². The fourth-order valence-electron chi connectivity index (χ4n) is 2.43. The summed E-state index contributed by atoms with van der Waals surface area (Å²) in [5.74, 6) is 0. The number of nitrogens with one attached hydrogen (secondary N) is 1. The normalized spacial score (nSPS) is 10.1. The predicted octanol–water partition coefficient (Wildman–Crippen LogP) is 5.37. The largest absolute Gasteiger partial charge is 0.372 e. The van der Waals surface area contributed by atoms with E-state index in [9.17, 15) is 0 Å². The molecule has 24 heavy (non-hydrogen) atoms. The second-order valence-electron chi connectivity index (χ2n) is 5.10. The van der Waals surface area contributed by atoms with Crippen molar-refractivity contribution < 1.29 is 0 Å². The molecule has 2 aromatic heterocycles. The highest BCUT2D eigenvalue weighted by atomic mass is 79.9. The molecule has 0 spiro atoms. The Morgan fingerprint density at radius 2 is 1.75 bits per heavy atom. The highest BCUT2D eigenvalue weighted by Gasteiger charge is 2.06. The van der Waals surface area contributed by atoms with E-state index in [1.54, 1.807) is 17.5 Å². The van der Waals surface area contributed by atoms with Crippen molar-refractivity contribution in [1.29, 1.82) is 0 Å². The third-order valence-electron chi connectivity index (χ3n) is 3.68. The number of benzene rings is 1. The number of aromatic nitrogens is 2. The minimum atomic E-state index is 0. The molecule has 0 aliphatic heterocycles. The lowest BCUT2D eigenvalue weighted by Crippen LogP contribution is -2.21. The Kier molecular flexibility index (Phi) is 6.75. The van der Waals surface area contributed by atoms with Crippen LogP contribution in [0.3, 0.4) is 0 Å². The van der Waals surface area contributed by atoms with Crippen LogP contribution in [0.4, 0.5) is 16.5 Å². The first-order valence-corrected chi connectivity index (χ1v) is 8.67. The standard InChI is InChI=1S/C18H20N4S.BrH/c1-3-22(4-2)15-10-8-14(9-11-15)20-18-21-17(13-23-18)16-7-5-6-12-19-16;/h5-13H,3-4H2,1-2H3,(H,20,21);1H. The number of halogens is 1. The second kappa shape index (κ2) is 8.80. The van der Waals surface area contributed by atoms with Crippen LogP contribution < -0.4 is 10.2 Å². The Bertz CT molecular complexity index is 739. The van der Waals surface area contributed by atoms with Gasteiger partial charge in [0.25, 0.3) is 0 Å². The van der Waals surface area contributed by atoms with Crippen LogP contribution in [0, 0.1) is 0 Å². The highest BCUT2D eigenvalue weighted by molar-refractivity contribution is 8.93. The molecule has 0 amide bonds. The maximum atomic E-state index is 4.60. The first kappa shape index (κ1) is 18.4. The first-order chi connectivity index (χ1) is 11.3. The molecular weight excluding hydrogens is 384 g/mol. The lowest BCUT2D eigenvalue weighted by molar-refractivity contribution is 0.866. The first-order valence-electron chi connectivity index (χ1n) is 7.79. The predicted molar refractivity (Wildman–Crippen MR) is 109 cm³/mol. The number of nitrogens with zero attached hydrogens (tertiary/aromatic N) is 3. The van der Waals surface area contributed by atoms with Crippen LogP contribution in [0.15, 0.2) is 54.0 Å². The summed E-state index contributed by atoms with van der Waals surface area (Å²) in [6, 6.07) is 14.3. The summed E-state index contributed by atoms with van der Waals surface area (Å²) in [7, 11) is 0. The Morgan fingerprint density at radius 3 is 2.38 bits per heavy atom. The lowest BCUT2D eigenvalue weighted by Gasteiger charge is -2.21. The molecule has 3 rings (SSSR count). The molecule has 1 N–H and O–H groups in total. The van der Waals surface area contributed by atoms with Gasteiger partial charge in [-0.05, 0) is 50.2 Å². The van der Waals surface area contributed by atoms with E-state index in [4.69, 9.17) is 0 Å². The minimum absolute atomic E-state index is 0. The van der Waals surface area contributed by atoms with Crippen molar-refractivity contribution in [2.45, 2.75) is 13.8 Å². The molecular formula is C18H21BrN4S. The Hall–Kier alpha value is -1.92. The van der Waals surface area contributed by atoms with Gasteiger partial charge in [0.2, 0.25) is 0 Å². The lowest BCUT2D eigenvalue weighted by atomic mass is 10.2. The van der Waals surface area contributed by atoms with Gasteiger partial charge in [0.05, 0.1) is 5.69 Å².